The van der Waals surface area contributed by atoms with Crippen molar-refractivity contribution in [2.45, 2.75) is 44.7 Å². The molecule has 0 spiro atoms. The van der Waals surface area contributed by atoms with Gasteiger partial charge in [-0.3, -0.25) is 4.79 Å². The maximum absolute atomic E-state index is 12.6. The summed E-state index contributed by atoms with van der Waals surface area (Å²) < 4.78 is 0. The number of nitrogens with zero attached hydrogens (tertiary/aromatic N) is 2. The minimum absolute atomic E-state index is 0.0395. The van der Waals surface area contributed by atoms with Crippen LogP contribution in [0.4, 0.5) is 4.79 Å². The Morgan fingerprint density at radius 1 is 1.04 bits per heavy atom. The molecule has 2 aliphatic heterocycles. The van der Waals surface area contributed by atoms with Crippen molar-refractivity contribution in [3.63, 3.8) is 0 Å². The monoisotopic (exact) mass is 315 g/mol. The number of hydrogen-bond acceptors (Lipinski definition) is 2. The van der Waals surface area contributed by atoms with Gasteiger partial charge in [-0.15, -0.1) is 0 Å². The Hall–Kier alpha value is -2.04. The molecule has 2 aliphatic rings. The lowest BCUT2D eigenvalue weighted by Gasteiger charge is -2.33. The molecule has 23 heavy (non-hydrogen) atoms. The van der Waals surface area contributed by atoms with Crippen molar-refractivity contribution < 1.29 is 9.59 Å². The number of likely N-dealkylation sites (tertiary alicyclic amines) is 2. The fraction of sp³-hybridized carbons (Fsp3) is 0.556. The molecule has 2 heterocycles. The second-order valence-electron chi connectivity index (χ2n) is 6.49. The van der Waals surface area contributed by atoms with Gasteiger partial charge >= 0.3 is 6.03 Å². The fourth-order valence-corrected chi connectivity index (χ4v) is 3.63. The van der Waals surface area contributed by atoms with Crippen LogP contribution in [-0.4, -0.2) is 47.4 Å². The molecule has 1 aromatic carbocycles. The van der Waals surface area contributed by atoms with Gasteiger partial charge in [0, 0.05) is 32.6 Å². The first-order valence-corrected chi connectivity index (χ1v) is 8.53. The minimum Gasteiger partial charge on any atom is -0.343 e. The van der Waals surface area contributed by atoms with Gasteiger partial charge in [-0.1, -0.05) is 30.3 Å². The molecule has 1 atom stereocenters. The van der Waals surface area contributed by atoms with Crippen LogP contribution in [0.25, 0.3) is 0 Å². The van der Waals surface area contributed by atoms with Gasteiger partial charge < -0.3 is 15.1 Å². The van der Waals surface area contributed by atoms with Crippen LogP contribution >= 0.6 is 0 Å². The molecule has 124 valence electrons. The third-order valence-corrected chi connectivity index (χ3v) is 4.97. The highest BCUT2D eigenvalue weighted by molar-refractivity contribution is 5.76. The number of hydrogen-bond donors (Lipinski definition) is 1. The Morgan fingerprint density at radius 3 is 2.39 bits per heavy atom. The summed E-state index contributed by atoms with van der Waals surface area (Å²) in [5, 5.41) is 3.17. The summed E-state index contributed by atoms with van der Waals surface area (Å²) in [6, 6.07) is 10.7. The molecule has 2 saturated heterocycles. The fourth-order valence-electron chi connectivity index (χ4n) is 3.63. The molecule has 1 N–H and O–H groups in total. The SMILES string of the molecule is CC(=O)N1CCC(NC(=O)N2CCCC2c2ccccc2)CC1. The first-order valence-electron chi connectivity index (χ1n) is 8.53. The van der Waals surface area contributed by atoms with E-state index in [9.17, 15) is 9.59 Å². The van der Waals surface area contributed by atoms with Crippen LogP contribution in [0.15, 0.2) is 30.3 Å². The van der Waals surface area contributed by atoms with E-state index in [2.05, 4.69) is 17.4 Å². The molecule has 0 radical (unpaired) electrons. The normalized spacial score (nSPS) is 22.2. The maximum atomic E-state index is 12.6. The van der Waals surface area contributed by atoms with Crippen LogP contribution in [0, 0.1) is 0 Å². The number of piperidine rings is 1. The largest absolute Gasteiger partial charge is 0.343 e. The topological polar surface area (TPSA) is 52.7 Å². The van der Waals surface area contributed by atoms with Gasteiger partial charge in [0.25, 0.3) is 0 Å². The summed E-state index contributed by atoms with van der Waals surface area (Å²) in [5.74, 6) is 0.124. The van der Waals surface area contributed by atoms with E-state index in [1.807, 2.05) is 28.0 Å². The zero-order chi connectivity index (χ0) is 16.2. The minimum atomic E-state index is 0.0395. The van der Waals surface area contributed by atoms with E-state index >= 15 is 0 Å². The summed E-state index contributed by atoms with van der Waals surface area (Å²) in [6.07, 6.45) is 3.76. The van der Waals surface area contributed by atoms with Gasteiger partial charge in [-0.25, -0.2) is 4.79 Å². The third-order valence-electron chi connectivity index (χ3n) is 4.97. The smallest absolute Gasteiger partial charge is 0.318 e. The maximum Gasteiger partial charge on any atom is 0.318 e. The number of carbonyl (C=O) groups excluding carboxylic acids is 2. The Kier molecular flexibility index (Phi) is 4.84. The first-order chi connectivity index (χ1) is 11.1. The van der Waals surface area contributed by atoms with E-state index in [1.165, 1.54) is 5.56 Å². The summed E-state index contributed by atoms with van der Waals surface area (Å²) in [5.41, 5.74) is 1.21. The molecule has 3 rings (SSSR count). The number of nitrogens with one attached hydrogen (secondary N) is 1. The highest BCUT2D eigenvalue weighted by Crippen LogP contribution is 2.31. The molecule has 0 saturated carbocycles. The van der Waals surface area contributed by atoms with Gasteiger partial charge in [0.05, 0.1) is 6.04 Å². The molecule has 0 aromatic heterocycles. The van der Waals surface area contributed by atoms with Crippen molar-refractivity contribution in [2.75, 3.05) is 19.6 Å². The van der Waals surface area contributed by atoms with Crippen LogP contribution in [0.1, 0.15) is 44.2 Å². The summed E-state index contributed by atoms with van der Waals surface area (Å²) >= 11 is 0. The standard InChI is InChI=1S/C18H25N3O2/c1-14(22)20-12-9-16(10-13-20)19-18(23)21-11-5-8-17(21)15-6-3-2-4-7-15/h2-4,6-7,16-17H,5,8-13H2,1H3,(H,19,23). The molecule has 2 fully saturated rings. The first kappa shape index (κ1) is 15.8. The second-order valence-corrected chi connectivity index (χ2v) is 6.49. The zero-order valence-electron chi connectivity index (χ0n) is 13.7. The molecular formula is C18H25N3O2. The van der Waals surface area contributed by atoms with Crippen molar-refractivity contribution in [1.29, 1.82) is 0 Å². The molecule has 1 unspecified atom stereocenters. The van der Waals surface area contributed by atoms with Crippen LogP contribution in [-0.2, 0) is 4.79 Å². The summed E-state index contributed by atoms with van der Waals surface area (Å²) in [7, 11) is 0. The van der Waals surface area contributed by atoms with Crippen LogP contribution in [0.5, 0.6) is 0 Å². The highest BCUT2D eigenvalue weighted by Gasteiger charge is 2.31. The highest BCUT2D eigenvalue weighted by atomic mass is 16.2. The molecule has 0 aliphatic carbocycles. The van der Waals surface area contributed by atoms with Crippen molar-refractivity contribution in [2.24, 2.45) is 0 Å². The lowest BCUT2D eigenvalue weighted by atomic mass is 10.0. The van der Waals surface area contributed by atoms with E-state index in [0.29, 0.717) is 0 Å². The van der Waals surface area contributed by atoms with Crippen molar-refractivity contribution >= 4 is 11.9 Å². The molecule has 0 bridgehead atoms. The van der Waals surface area contributed by atoms with Gasteiger partial charge in [-0.2, -0.15) is 0 Å². The van der Waals surface area contributed by atoms with Gasteiger partial charge in [0.2, 0.25) is 5.91 Å². The lowest BCUT2D eigenvalue weighted by molar-refractivity contribution is -0.129. The van der Waals surface area contributed by atoms with E-state index in [-0.39, 0.29) is 24.0 Å². The van der Waals surface area contributed by atoms with Crippen LogP contribution < -0.4 is 5.32 Å². The van der Waals surface area contributed by atoms with Gasteiger partial charge in [0.1, 0.15) is 0 Å². The quantitative estimate of drug-likeness (QED) is 0.912. The Balaban J connectivity index is 1.57. The average Bonchev–Trinajstić information content (AvgIpc) is 3.06. The summed E-state index contributed by atoms with van der Waals surface area (Å²) in [4.78, 5) is 27.8. The Labute approximate surface area is 137 Å². The summed E-state index contributed by atoms with van der Waals surface area (Å²) in [6.45, 7) is 3.90. The molecule has 5 heteroatoms. The second kappa shape index (κ2) is 7.02. The predicted octanol–water partition coefficient (Wildman–Crippen LogP) is 2.54. The van der Waals surface area contributed by atoms with E-state index in [4.69, 9.17) is 0 Å². The zero-order valence-corrected chi connectivity index (χ0v) is 13.7. The Bertz CT molecular complexity index is 553. The molecule has 1 aromatic rings. The third kappa shape index (κ3) is 3.66. The number of rotatable bonds is 2. The number of benzene rings is 1. The van der Waals surface area contributed by atoms with Crippen LogP contribution in [0.3, 0.4) is 0 Å². The molecular weight excluding hydrogens is 290 g/mol. The van der Waals surface area contributed by atoms with Gasteiger partial charge in [0.15, 0.2) is 0 Å². The van der Waals surface area contributed by atoms with E-state index in [1.54, 1.807) is 6.92 Å². The molecule has 3 amide bonds. The Morgan fingerprint density at radius 2 is 1.74 bits per heavy atom. The molecule has 5 nitrogen and oxygen atoms in total. The number of amides is 3. The predicted molar refractivity (Wildman–Crippen MR) is 88.9 cm³/mol. The number of carbonyl (C=O) groups is 2. The van der Waals surface area contributed by atoms with Crippen molar-refractivity contribution in [1.82, 2.24) is 15.1 Å². The van der Waals surface area contributed by atoms with E-state index < -0.39 is 0 Å². The van der Waals surface area contributed by atoms with Gasteiger partial charge in [-0.05, 0) is 31.2 Å². The van der Waals surface area contributed by atoms with Crippen molar-refractivity contribution in [3.8, 4) is 0 Å². The van der Waals surface area contributed by atoms with E-state index in [0.717, 1.165) is 45.3 Å². The van der Waals surface area contributed by atoms with Crippen molar-refractivity contribution in [3.05, 3.63) is 35.9 Å². The van der Waals surface area contributed by atoms with Crippen LogP contribution in [0.2, 0.25) is 0 Å². The number of urea groups is 1. The average molecular weight is 315 g/mol. The lowest BCUT2D eigenvalue weighted by Crippen LogP contribution is -2.49.